The van der Waals surface area contributed by atoms with Gasteiger partial charge in [0, 0.05) is 24.9 Å². The summed E-state index contributed by atoms with van der Waals surface area (Å²) in [5.74, 6) is -5.95. The molecule has 0 radical (unpaired) electrons. The summed E-state index contributed by atoms with van der Waals surface area (Å²) in [6.45, 7) is -0.729. The number of nitrogens with one attached hydrogen (secondary N) is 4. The number of carboxylic acid groups (broad SMARTS) is 2. The number of H-pyrrole nitrogens is 1. The monoisotopic (exact) mass is 513 g/mol. The maximum absolute atomic E-state index is 13.0. The highest BCUT2D eigenvalue weighted by atomic mass is 16.4. The van der Waals surface area contributed by atoms with Crippen LogP contribution in [0.25, 0.3) is 0 Å². The van der Waals surface area contributed by atoms with Crippen molar-refractivity contribution in [1.29, 1.82) is 0 Å². The zero-order valence-electron chi connectivity index (χ0n) is 19.2. The summed E-state index contributed by atoms with van der Waals surface area (Å²) in [4.78, 5) is 70.6. The van der Waals surface area contributed by atoms with Crippen LogP contribution in [0, 0.1) is 0 Å². The van der Waals surface area contributed by atoms with Crippen LogP contribution >= 0.6 is 0 Å². The van der Waals surface area contributed by atoms with Gasteiger partial charge in [0.05, 0.1) is 25.4 Å². The number of aliphatic carboxylic acids is 2. The molecule has 36 heavy (non-hydrogen) atoms. The van der Waals surface area contributed by atoms with Crippen molar-refractivity contribution < 1.29 is 39.3 Å². The fourth-order valence-electron chi connectivity index (χ4n) is 2.87. The molecule has 17 nitrogen and oxygen atoms in total. The molecule has 0 spiro atoms. The van der Waals surface area contributed by atoms with Gasteiger partial charge < -0.3 is 53.5 Å². The van der Waals surface area contributed by atoms with Crippen LogP contribution in [0.3, 0.4) is 0 Å². The van der Waals surface area contributed by atoms with Crippen LogP contribution in [-0.2, 0) is 30.4 Å². The second kappa shape index (κ2) is 14.9. The Morgan fingerprint density at radius 1 is 1.00 bits per heavy atom. The number of aliphatic imine (C=N–C) groups is 1. The Balaban J connectivity index is 2.97. The second-order valence-electron chi connectivity index (χ2n) is 7.64. The van der Waals surface area contributed by atoms with Gasteiger partial charge in [-0.15, -0.1) is 0 Å². The van der Waals surface area contributed by atoms with Gasteiger partial charge in [0.15, 0.2) is 5.96 Å². The molecule has 0 aliphatic carbocycles. The van der Waals surface area contributed by atoms with Gasteiger partial charge in [0.2, 0.25) is 17.7 Å². The van der Waals surface area contributed by atoms with Crippen LogP contribution in [0.15, 0.2) is 17.5 Å². The minimum atomic E-state index is -1.72. The molecular formula is C19H31N9O8. The summed E-state index contributed by atoms with van der Waals surface area (Å²) < 4.78 is 0. The third-order valence-electron chi connectivity index (χ3n) is 4.73. The Hall–Kier alpha value is -4.25. The number of rotatable bonds is 16. The molecule has 13 N–H and O–H groups in total. The van der Waals surface area contributed by atoms with Gasteiger partial charge >= 0.3 is 11.9 Å². The van der Waals surface area contributed by atoms with E-state index in [4.69, 9.17) is 32.5 Å². The van der Waals surface area contributed by atoms with Gasteiger partial charge in [-0.2, -0.15) is 0 Å². The molecule has 0 bridgehead atoms. The lowest BCUT2D eigenvalue weighted by molar-refractivity contribution is -0.144. The standard InChI is InChI=1S/C19H31N9O8/c20-10(2-1-3-24-19(21)22)15(32)26-11(4-9-6-23-8-25-9)16(33)27-12(5-14(30)31)17(34)28-13(7-29)18(35)36/h6,8,10-13,29H,1-5,7,20H2,(H,23,25)(H,26,32)(H,27,33)(H,28,34)(H,30,31)(H,35,36)(H4,21,22,24). The van der Waals surface area contributed by atoms with Crippen molar-refractivity contribution in [2.45, 2.75) is 49.9 Å². The fraction of sp³-hybridized carbons (Fsp3) is 0.526. The summed E-state index contributed by atoms with van der Waals surface area (Å²) in [7, 11) is 0. The lowest BCUT2D eigenvalue weighted by Gasteiger charge is -2.24. The Bertz CT molecular complexity index is 933. The molecule has 1 aromatic rings. The summed E-state index contributed by atoms with van der Waals surface area (Å²) in [5.41, 5.74) is 16.8. The molecule has 1 heterocycles. The number of amides is 3. The molecule has 0 fully saturated rings. The van der Waals surface area contributed by atoms with Crippen LogP contribution in [0.1, 0.15) is 25.0 Å². The first kappa shape index (κ1) is 29.8. The number of guanidine groups is 1. The van der Waals surface area contributed by atoms with Crippen LogP contribution in [0.4, 0.5) is 0 Å². The molecule has 17 heteroatoms. The van der Waals surface area contributed by atoms with E-state index in [2.05, 4.69) is 25.6 Å². The molecule has 0 aromatic carbocycles. The van der Waals surface area contributed by atoms with E-state index < -0.39 is 66.9 Å². The lowest BCUT2D eigenvalue weighted by atomic mass is 10.1. The first-order chi connectivity index (χ1) is 16.9. The summed E-state index contributed by atoms with van der Waals surface area (Å²) >= 11 is 0. The van der Waals surface area contributed by atoms with Gasteiger partial charge in [-0.1, -0.05) is 0 Å². The van der Waals surface area contributed by atoms with E-state index in [1.165, 1.54) is 12.5 Å². The van der Waals surface area contributed by atoms with Gasteiger partial charge in [0.25, 0.3) is 0 Å². The van der Waals surface area contributed by atoms with Crippen molar-refractivity contribution in [3.8, 4) is 0 Å². The van der Waals surface area contributed by atoms with E-state index in [0.717, 1.165) is 0 Å². The summed E-state index contributed by atoms with van der Waals surface area (Å²) in [6.07, 6.45) is 2.27. The van der Waals surface area contributed by atoms with Crippen LogP contribution in [0.2, 0.25) is 0 Å². The van der Waals surface area contributed by atoms with E-state index in [1.807, 2.05) is 5.32 Å². The average molecular weight is 514 g/mol. The maximum atomic E-state index is 13.0. The molecular weight excluding hydrogens is 482 g/mol. The van der Waals surface area contributed by atoms with Gasteiger partial charge in [-0.25, -0.2) is 9.78 Å². The number of imidazole rings is 1. The number of carbonyl (C=O) groups excluding carboxylic acids is 3. The molecule has 0 aliphatic rings. The maximum Gasteiger partial charge on any atom is 0.328 e. The number of hydrogen-bond acceptors (Lipinski definition) is 9. The van der Waals surface area contributed by atoms with Crippen LogP contribution in [-0.4, -0.2) is 98.2 Å². The number of nitrogens with zero attached hydrogens (tertiary/aromatic N) is 2. The highest BCUT2D eigenvalue weighted by Gasteiger charge is 2.31. The van der Waals surface area contributed by atoms with Crippen molar-refractivity contribution in [1.82, 2.24) is 25.9 Å². The number of carbonyl (C=O) groups is 5. The molecule has 0 aliphatic heterocycles. The second-order valence-corrected chi connectivity index (χ2v) is 7.64. The van der Waals surface area contributed by atoms with E-state index in [1.54, 1.807) is 0 Å². The van der Waals surface area contributed by atoms with E-state index in [9.17, 15) is 24.0 Å². The van der Waals surface area contributed by atoms with E-state index in [-0.39, 0.29) is 25.3 Å². The van der Waals surface area contributed by atoms with Crippen molar-refractivity contribution in [3.63, 3.8) is 0 Å². The average Bonchev–Trinajstić information content (AvgIpc) is 3.31. The van der Waals surface area contributed by atoms with Crippen LogP contribution < -0.4 is 33.2 Å². The highest BCUT2D eigenvalue weighted by molar-refractivity contribution is 5.95. The van der Waals surface area contributed by atoms with Crippen LogP contribution in [0.5, 0.6) is 0 Å². The van der Waals surface area contributed by atoms with Gasteiger partial charge in [0.1, 0.15) is 18.1 Å². The Labute approximate surface area is 204 Å². The molecule has 0 saturated heterocycles. The molecule has 4 atom stereocenters. The number of hydrogen-bond donors (Lipinski definition) is 10. The Morgan fingerprint density at radius 2 is 1.61 bits per heavy atom. The third-order valence-corrected chi connectivity index (χ3v) is 4.73. The van der Waals surface area contributed by atoms with Crippen molar-refractivity contribution in [2.24, 2.45) is 22.2 Å². The van der Waals surface area contributed by atoms with Gasteiger partial charge in [-0.05, 0) is 12.8 Å². The predicted octanol–water partition coefficient (Wildman–Crippen LogP) is -4.66. The molecule has 1 rings (SSSR count). The largest absolute Gasteiger partial charge is 0.481 e. The molecule has 4 unspecified atom stereocenters. The first-order valence-corrected chi connectivity index (χ1v) is 10.7. The highest BCUT2D eigenvalue weighted by Crippen LogP contribution is 2.04. The first-order valence-electron chi connectivity index (χ1n) is 10.7. The smallest absolute Gasteiger partial charge is 0.328 e. The normalized spacial score (nSPS) is 13.9. The number of aromatic nitrogens is 2. The molecule has 3 amide bonds. The topological polar surface area (TPSA) is 301 Å². The van der Waals surface area contributed by atoms with Crippen molar-refractivity contribution in [2.75, 3.05) is 13.2 Å². The third kappa shape index (κ3) is 10.8. The molecule has 0 saturated carbocycles. The number of nitrogens with two attached hydrogens (primary N) is 3. The molecule has 200 valence electrons. The Morgan fingerprint density at radius 3 is 2.14 bits per heavy atom. The minimum Gasteiger partial charge on any atom is -0.481 e. The van der Waals surface area contributed by atoms with E-state index >= 15 is 0 Å². The van der Waals surface area contributed by atoms with Crippen molar-refractivity contribution >= 4 is 35.6 Å². The Kier molecular flexibility index (Phi) is 12.3. The zero-order valence-corrected chi connectivity index (χ0v) is 19.2. The van der Waals surface area contributed by atoms with Crippen molar-refractivity contribution in [3.05, 3.63) is 18.2 Å². The van der Waals surface area contributed by atoms with Gasteiger partial charge in [-0.3, -0.25) is 24.2 Å². The SMILES string of the molecule is NC(N)=NCCCC(N)C(=O)NC(Cc1cnc[nH]1)C(=O)NC(CC(=O)O)C(=O)NC(CO)C(=O)O. The summed E-state index contributed by atoms with van der Waals surface area (Å²) in [5, 5.41) is 33.8. The van der Waals surface area contributed by atoms with E-state index in [0.29, 0.717) is 12.1 Å². The number of aromatic amines is 1. The fourth-order valence-corrected chi connectivity index (χ4v) is 2.87. The number of aliphatic hydroxyl groups excluding tert-OH is 1. The predicted molar refractivity (Wildman–Crippen MR) is 123 cm³/mol. The molecule has 1 aromatic heterocycles. The lowest BCUT2D eigenvalue weighted by Crippen LogP contribution is -2.58. The zero-order chi connectivity index (χ0) is 27.3. The summed E-state index contributed by atoms with van der Waals surface area (Å²) in [6, 6.07) is -5.77. The number of aliphatic hydroxyl groups is 1. The minimum absolute atomic E-state index is 0.113. The quantitative estimate of drug-likeness (QED) is 0.0566. The number of carboxylic acids is 2.